The van der Waals surface area contributed by atoms with Crippen LogP contribution < -0.4 is 0 Å². The standard InChI is InChI=1S/C29H29F8NO5S/c1-17-15-21(7-8-22(17)30)44(42,43)26(19-3-5-20(6-4-19)27(31,28(32,33)34)29(35,36)37)13-14-38(16-26)24(41)25(2)11-9-18(10-12-25)23(39)40/h3-8,15,18H,9-14,16H2,1-2H3,(H,39,40)/t18-,25-,26-/m0/s1. The fraction of sp³-hybridized carbons (Fsp3) is 0.517. The largest absolute Gasteiger partial charge is 0.481 e. The zero-order chi connectivity index (χ0) is 33.1. The maximum atomic E-state index is 14.7. The Morgan fingerprint density at radius 1 is 0.909 bits per heavy atom. The summed E-state index contributed by atoms with van der Waals surface area (Å²) in [5.41, 5.74) is -8.93. The number of aliphatic carboxylic acids is 1. The molecular weight excluding hydrogens is 626 g/mol. The first-order valence-electron chi connectivity index (χ1n) is 13.6. The molecule has 44 heavy (non-hydrogen) atoms. The van der Waals surface area contributed by atoms with Crippen LogP contribution in [-0.4, -0.2) is 55.7 Å². The Kier molecular flexibility index (Phi) is 8.40. The number of carboxylic acids is 1. The Balaban J connectivity index is 1.79. The summed E-state index contributed by atoms with van der Waals surface area (Å²) in [5, 5.41) is 9.31. The zero-order valence-corrected chi connectivity index (χ0v) is 24.3. The van der Waals surface area contributed by atoms with Gasteiger partial charge in [0.15, 0.2) is 9.84 Å². The van der Waals surface area contributed by atoms with E-state index in [9.17, 15) is 58.2 Å². The van der Waals surface area contributed by atoms with Crippen LogP contribution in [0.1, 0.15) is 55.7 Å². The van der Waals surface area contributed by atoms with Crippen molar-refractivity contribution in [1.29, 1.82) is 0 Å². The highest BCUT2D eigenvalue weighted by Crippen LogP contribution is 2.54. The molecule has 4 rings (SSSR count). The van der Waals surface area contributed by atoms with E-state index in [4.69, 9.17) is 0 Å². The minimum Gasteiger partial charge on any atom is -0.481 e. The Bertz CT molecular complexity index is 1530. The summed E-state index contributed by atoms with van der Waals surface area (Å²) in [6.45, 7) is 2.19. The molecule has 1 amide bonds. The molecule has 0 radical (unpaired) electrons. The van der Waals surface area contributed by atoms with Gasteiger partial charge in [0.2, 0.25) is 5.91 Å². The van der Waals surface area contributed by atoms with Crippen LogP contribution in [0.25, 0.3) is 0 Å². The number of benzene rings is 2. The molecule has 15 heteroatoms. The lowest BCUT2D eigenvalue weighted by Gasteiger charge is -2.38. The predicted molar refractivity (Wildman–Crippen MR) is 140 cm³/mol. The van der Waals surface area contributed by atoms with Gasteiger partial charge in [-0.15, -0.1) is 0 Å². The van der Waals surface area contributed by atoms with Crippen molar-refractivity contribution in [3.63, 3.8) is 0 Å². The van der Waals surface area contributed by atoms with Crippen LogP contribution in [0.15, 0.2) is 47.4 Å². The molecule has 2 aromatic rings. The second kappa shape index (κ2) is 11.0. The molecule has 1 aliphatic carbocycles. The number of halogens is 8. The summed E-state index contributed by atoms with van der Waals surface area (Å²) in [6.07, 6.45) is -12.3. The zero-order valence-electron chi connectivity index (χ0n) is 23.5. The van der Waals surface area contributed by atoms with Gasteiger partial charge in [0.1, 0.15) is 10.6 Å². The van der Waals surface area contributed by atoms with Crippen LogP contribution in [0.3, 0.4) is 0 Å². The maximum absolute atomic E-state index is 14.7. The predicted octanol–water partition coefficient (Wildman–Crippen LogP) is 6.61. The van der Waals surface area contributed by atoms with Gasteiger partial charge in [-0.2, -0.15) is 26.3 Å². The van der Waals surface area contributed by atoms with Crippen molar-refractivity contribution in [2.24, 2.45) is 11.3 Å². The number of carbonyl (C=O) groups is 2. The first kappa shape index (κ1) is 33.7. The first-order valence-corrected chi connectivity index (χ1v) is 15.1. The molecular formula is C29H29F8NO5S. The highest BCUT2D eigenvalue weighted by molar-refractivity contribution is 7.92. The van der Waals surface area contributed by atoms with E-state index in [0.717, 1.165) is 18.2 Å². The highest BCUT2D eigenvalue weighted by Gasteiger charge is 2.73. The molecule has 242 valence electrons. The van der Waals surface area contributed by atoms with Gasteiger partial charge in [0, 0.05) is 24.1 Å². The lowest BCUT2D eigenvalue weighted by molar-refractivity contribution is -0.348. The van der Waals surface area contributed by atoms with E-state index in [0.29, 0.717) is 12.1 Å². The maximum Gasteiger partial charge on any atom is 0.435 e. The molecule has 0 unspecified atom stereocenters. The number of nitrogens with zero attached hydrogens (tertiary/aromatic N) is 1. The van der Waals surface area contributed by atoms with Crippen LogP contribution in [-0.2, 0) is 29.8 Å². The van der Waals surface area contributed by atoms with Gasteiger partial charge in [-0.3, -0.25) is 9.59 Å². The third kappa shape index (κ3) is 5.34. The van der Waals surface area contributed by atoms with Gasteiger partial charge < -0.3 is 10.0 Å². The number of aryl methyl sites for hydroxylation is 1. The third-order valence-corrected chi connectivity index (χ3v) is 11.5. The van der Waals surface area contributed by atoms with Crippen molar-refractivity contribution in [3.05, 3.63) is 65.0 Å². The number of hydrogen-bond donors (Lipinski definition) is 1. The average molecular weight is 656 g/mol. The minimum atomic E-state index is -6.38. The highest BCUT2D eigenvalue weighted by atomic mass is 32.2. The van der Waals surface area contributed by atoms with E-state index in [1.807, 2.05) is 0 Å². The van der Waals surface area contributed by atoms with Gasteiger partial charge in [-0.05, 0) is 68.4 Å². The van der Waals surface area contributed by atoms with Crippen LogP contribution >= 0.6 is 0 Å². The van der Waals surface area contributed by atoms with Crippen molar-refractivity contribution < 1.29 is 58.2 Å². The SMILES string of the molecule is Cc1cc(S(=O)(=O)[C@@]2(c3ccc(C(F)(C(F)(F)F)C(F)(F)F)cc3)CCN(C(=O)[C@]3(C)CC[C@@H](C(=O)O)CC3)C2)ccc1F. The second-order valence-electron chi connectivity index (χ2n) is 11.8. The molecule has 1 aliphatic heterocycles. The fourth-order valence-corrected chi connectivity index (χ4v) is 8.33. The molecule has 1 N–H and O–H groups in total. The monoisotopic (exact) mass is 655 g/mol. The van der Waals surface area contributed by atoms with Crippen molar-refractivity contribution in [2.45, 2.75) is 73.6 Å². The second-order valence-corrected chi connectivity index (χ2v) is 14.0. The summed E-state index contributed by atoms with van der Waals surface area (Å²) >= 11 is 0. The van der Waals surface area contributed by atoms with Gasteiger partial charge in [0.25, 0.3) is 0 Å². The van der Waals surface area contributed by atoms with Crippen LogP contribution in [0.5, 0.6) is 0 Å². The summed E-state index contributed by atoms with van der Waals surface area (Å²) in [4.78, 5) is 25.9. The number of alkyl halides is 7. The molecule has 0 bridgehead atoms. The number of likely N-dealkylation sites (tertiary alicyclic amines) is 1. The molecule has 1 atom stereocenters. The van der Waals surface area contributed by atoms with E-state index in [2.05, 4.69) is 0 Å². The Labute approximate surface area is 248 Å². The van der Waals surface area contributed by atoms with Crippen molar-refractivity contribution in [2.75, 3.05) is 13.1 Å². The summed E-state index contributed by atoms with van der Waals surface area (Å²) in [5.74, 6) is -2.86. The Morgan fingerprint density at radius 2 is 1.45 bits per heavy atom. The third-order valence-electron chi connectivity index (χ3n) is 9.02. The number of rotatable bonds is 6. The van der Waals surface area contributed by atoms with Gasteiger partial charge in [-0.1, -0.05) is 31.2 Å². The van der Waals surface area contributed by atoms with Crippen molar-refractivity contribution in [3.8, 4) is 0 Å². The molecule has 1 heterocycles. The van der Waals surface area contributed by atoms with Gasteiger partial charge in [0.05, 0.1) is 10.8 Å². The lowest BCUT2D eigenvalue weighted by Crippen LogP contribution is -2.50. The minimum absolute atomic E-state index is 0.0530. The van der Waals surface area contributed by atoms with E-state index in [1.54, 1.807) is 6.92 Å². The van der Waals surface area contributed by atoms with E-state index >= 15 is 0 Å². The molecule has 6 nitrogen and oxygen atoms in total. The van der Waals surface area contributed by atoms with E-state index in [-0.39, 0.29) is 61.9 Å². The number of amides is 1. The quantitative estimate of drug-likeness (QED) is 0.280. The van der Waals surface area contributed by atoms with E-state index in [1.165, 1.54) is 11.8 Å². The number of hydrogen-bond acceptors (Lipinski definition) is 4. The molecule has 1 saturated carbocycles. The number of carbonyl (C=O) groups excluding carboxylic acids is 1. The molecule has 1 saturated heterocycles. The van der Waals surface area contributed by atoms with Gasteiger partial charge >= 0.3 is 24.0 Å². The lowest BCUT2D eigenvalue weighted by atomic mass is 9.71. The fourth-order valence-electron chi connectivity index (χ4n) is 6.16. The molecule has 0 aromatic heterocycles. The normalized spacial score (nSPS) is 25.2. The Morgan fingerprint density at radius 3 is 1.93 bits per heavy atom. The summed E-state index contributed by atoms with van der Waals surface area (Å²) < 4.78 is 135. The molecule has 0 spiro atoms. The van der Waals surface area contributed by atoms with Gasteiger partial charge in [-0.25, -0.2) is 17.2 Å². The molecule has 2 fully saturated rings. The van der Waals surface area contributed by atoms with E-state index < -0.39 is 78.6 Å². The van der Waals surface area contributed by atoms with Crippen molar-refractivity contribution >= 4 is 21.7 Å². The van der Waals surface area contributed by atoms with Crippen molar-refractivity contribution in [1.82, 2.24) is 4.90 Å². The number of sulfone groups is 1. The Hall–Kier alpha value is -3.23. The molecule has 2 aliphatic rings. The first-order chi connectivity index (χ1) is 20.1. The van der Waals surface area contributed by atoms with Crippen LogP contribution in [0, 0.1) is 24.1 Å². The summed E-state index contributed by atoms with van der Waals surface area (Å²) in [6, 6.07) is 4.67. The van der Waals surface area contributed by atoms with Crippen LogP contribution in [0.4, 0.5) is 35.1 Å². The topological polar surface area (TPSA) is 91.8 Å². The number of carboxylic acid groups (broad SMARTS) is 1. The van der Waals surface area contributed by atoms with Crippen LogP contribution in [0.2, 0.25) is 0 Å². The smallest absolute Gasteiger partial charge is 0.435 e. The molecule has 2 aromatic carbocycles. The average Bonchev–Trinajstić information content (AvgIpc) is 3.40. The summed E-state index contributed by atoms with van der Waals surface area (Å²) in [7, 11) is -4.61.